The fraction of sp³-hybridized carbons (Fsp3) is 0. The summed E-state index contributed by atoms with van der Waals surface area (Å²) in [5.74, 6) is 0. The molecule has 0 spiro atoms. The van der Waals surface area contributed by atoms with Crippen molar-refractivity contribution in [3.05, 3.63) is 0 Å². The molecule has 0 unspecified atom stereocenters. The molecule has 12 N–H and O–H groups in total. The van der Waals surface area contributed by atoms with E-state index < -0.39 is 27.5 Å². The predicted molar refractivity (Wildman–Crippen MR) is 69.1 cm³/mol. The van der Waals surface area contributed by atoms with Crippen LogP contribution in [0, 0.1) is 0 Å². The van der Waals surface area contributed by atoms with E-state index in [1.54, 1.807) is 0 Å². The molecule has 0 saturated heterocycles. The van der Waals surface area contributed by atoms with Gasteiger partial charge in [-0.25, -0.2) is 0 Å². The first kappa shape index (κ1) is 58.9. The molecule has 0 aliphatic rings. The third-order valence-electron chi connectivity index (χ3n) is 0. The summed E-state index contributed by atoms with van der Waals surface area (Å²) in [5, 5.41) is 0. The van der Waals surface area contributed by atoms with Crippen LogP contribution in [-0.2, 0) is 13.4 Å². The van der Waals surface area contributed by atoms with Crippen LogP contribution in [0.2, 0.25) is 0 Å². The van der Waals surface area contributed by atoms with Crippen LogP contribution in [0.5, 0.6) is 0 Å². The van der Waals surface area contributed by atoms with Crippen LogP contribution < -0.4 is 0 Å². The van der Waals surface area contributed by atoms with Crippen LogP contribution in [0.15, 0.2) is 0 Å². The molecule has 0 bridgehead atoms. The average Bonchev–Trinajstić information content (AvgIpc) is 1.54. The van der Waals surface area contributed by atoms with Gasteiger partial charge in [0, 0.05) is 0 Å². The predicted octanol–water partition coefficient (Wildman–Crippen LogP) is -10.1. The molecule has 18 heteroatoms. The molecule has 0 aliphatic carbocycles. The molecule has 0 heterocycles. The molecule has 0 atom stereocenters. The minimum atomic E-state index is -3.13. The van der Waals surface area contributed by atoms with Gasteiger partial charge in [0.05, 0.1) is 0 Å². The maximum atomic E-state index is 8.74. The molecule has 0 aromatic carbocycles. The Labute approximate surface area is 195 Å². The van der Waals surface area contributed by atoms with Gasteiger partial charge in [0.1, 0.15) is 0 Å². The monoisotopic (exact) mass is 414 g/mol. The zero-order valence-corrected chi connectivity index (χ0v) is 9.91. The fourth-order valence-electron chi connectivity index (χ4n) is 0. The van der Waals surface area contributed by atoms with E-state index in [-0.39, 0.29) is 130 Å². The van der Waals surface area contributed by atoms with E-state index in [1.807, 2.05) is 0 Å². The van der Waals surface area contributed by atoms with Crippen molar-refractivity contribution in [3.8, 4) is 0 Å². The number of hydrogen-bond donors (Lipinski definition) is 6. The van der Waals surface area contributed by atoms with Gasteiger partial charge in [-0.1, -0.05) is 0 Å². The molecule has 0 aromatic rings. The van der Waals surface area contributed by atoms with Crippen molar-refractivity contribution in [2.75, 3.05) is 0 Å². The second kappa shape index (κ2) is 50.5. The molecule has 12 nitrogen and oxygen atoms in total. The normalized spacial score (nSPS) is 4.00. The van der Waals surface area contributed by atoms with Crippen LogP contribution in [0.3, 0.4) is 0 Å². The van der Waals surface area contributed by atoms with Crippen LogP contribution in [-0.4, -0.2) is 186 Å². The van der Waals surface area contributed by atoms with E-state index in [2.05, 4.69) is 0 Å². The quantitative estimate of drug-likeness (QED) is 0.205. The summed E-state index contributed by atoms with van der Waals surface area (Å²) in [6.07, 6.45) is 0. The first-order valence-electron chi connectivity index (χ1n) is 1.95. The molecular formula is H18Ca3O12Si3. The van der Waals surface area contributed by atoms with Gasteiger partial charge in [0.2, 0.25) is 0 Å². The van der Waals surface area contributed by atoms with Crippen molar-refractivity contribution in [3.63, 3.8) is 0 Å². The molecule has 0 radical (unpaired) electrons. The molecule has 0 saturated carbocycles. The van der Waals surface area contributed by atoms with Crippen molar-refractivity contribution in [1.29, 1.82) is 0 Å². The number of hydrogen-bond acceptors (Lipinski definition) is 3. The van der Waals surface area contributed by atoms with Gasteiger partial charge in [-0.3, -0.25) is 13.4 Å². The maximum absolute atomic E-state index is 8.74. The van der Waals surface area contributed by atoms with Crippen molar-refractivity contribution in [2.45, 2.75) is 0 Å². The minimum absolute atomic E-state index is 0. The van der Waals surface area contributed by atoms with E-state index >= 15 is 0 Å². The third-order valence-corrected chi connectivity index (χ3v) is 0. The van der Waals surface area contributed by atoms with Gasteiger partial charge < -0.3 is 45.2 Å². The van der Waals surface area contributed by atoms with Crippen LogP contribution in [0.4, 0.5) is 0 Å². The van der Waals surface area contributed by atoms with E-state index in [4.69, 9.17) is 42.2 Å². The Kier molecular flexibility index (Phi) is 165. The van der Waals surface area contributed by atoms with Crippen LogP contribution >= 0.6 is 0 Å². The van der Waals surface area contributed by atoms with Crippen molar-refractivity contribution >= 4 is 141 Å². The Morgan fingerprint density at radius 3 is 0.444 bits per heavy atom. The van der Waals surface area contributed by atoms with Crippen molar-refractivity contribution in [1.82, 2.24) is 0 Å². The second-order valence-electron chi connectivity index (χ2n) is 0.848. The number of rotatable bonds is 0. The van der Waals surface area contributed by atoms with Gasteiger partial charge in [-0.05, 0) is 0 Å². The Hall–Kier alpha value is 2.51. The van der Waals surface area contributed by atoms with Gasteiger partial charge in [0.15, 0.2) is 0 Å². The standard InChI is InChI=1S/3Ca.3H2O3Si.3H2O.6H/c;;;3*1-4(2)3;;;;;;;;;/h;;;3*1-2H;3*1H2;;;;;;. The SMILES string of the molecule is O.O.O.O=[Si](O)O.O=[Si](O)O.O=[Si](O)O.[CaH2].[CaH2].[CaH2]. The summed E-state index contributed by atoms with van der Waals surface area (Å²) >= 11 is 0. The van der Waals surface area contributed by atoms with E-state index in [9.17, 15) is 0 Å². The molecule has 0 fully saturated rings. The first-order valence-corrected chi connectivity index (χ1v) is 5.86. The summed E-state index contributed by atoms with van der Waals surface area (Å²) in [5.41, 5.74) is 0. The molecular weight excluding hydrogens is 396 g/mol. The molecule has 18 heavy (non-hydrogen) atoms. The first-order chi connectivity index (χ1) is 5.20. The van der Waals surface area contributed by atoms with Gasteiger partial charge in [-0.2, -0.15) is 0 Å². The fourth-order valence-corrected chi connectivity index (χ4v) is 0. The van der Waals surface area contributed by atoms with Crippen molar-refractivity contribution in [2.24, 2.45) is 0 Å². The third kappa shape index (κ3) is 901. The molecule has 0 rings (SSSR count). The van der Waals surface area contributed by atoms with Gasteiger partial charge in [-0.15, -0.1) is 0 Å². The molecule has 0 aliphatic heterocycles. The summed E-state index contributed by atoms with van der Waals surface area (Å²) in [7, 11) is -9.39. The zero-order chi connectivity index (χ0) is 10.7. The second-order valence-corrected chi connectivity index (χ2v) is 2.54. The van der Waals surface area contributed by atoms with E-state index in [1.165, 1.54) is 0 Å². The van der Waals surface area contributed by atoms with Gasteiger partial charge >= 0.3 is 141 Å². The Bertz CT molecular complexity index is 120. The zero-order valence-electron chi connectivity index (χ0n) is 6.91. The average molecular weight is 415 g/mol. The van der Waals surface area contributed by atoms with Crippen LogP contribution in [0.1, 0.15) is 0 Å². The molecule has 0 aromatic heterocycles. The summed E-state index contributed by atoms with van der Waals surface area (Å²) in [4.78, 5) is 42.9. The van der Waals surface area contributed by atoms with Gasteiger partial charge in [0.25, 0.3) is 0 Å². The summed E-state index contributed by atoms with van der Waals surface area (Å²) in [6.45, 7) is 0. The summed E-state index contributed by atoms with van der Waals surface area (Å²) < 4.78 is 26.2. The van der Waals surface area contributed by atoms with E-state index in [0.29, 0.717) is 0 Å². The Morgan fingerprint density at radius 2 is 0.444 bits per heavy atom. The molecule has 0 amide bonds. The Morgan fingerprint density at radius 1 is 0.444 bits per heavy atom. The molecule has 108 valence electrons. The van der Waals surface area contributed by atoms with Crippen LogP contribution in [0.25, 0.3) is 0 Å². The topological polar surface area (TPSA) is 267 Å². The Balaban J connectivity index is -0.00000000827. The van der Waals surface area contributed by atoms with E-state index in [0.717, 1.165) is 0 Å². The summed E-state index contributed by atoms with van der Waals surface area (Å²) in [6, 6.07) is 0. The van der Waals surface area contributed by atoms with Crippen molar-refractivity contribution < 1.29 is 58.6 Å².